The monoisotopic (exact) mass is 464 g/mol. The molecule has 0 bridgehead atoms. The van der Waals surface area contributed by atoms with Gasteiger partial charge in [-0.05, 0) is 74.2 Å². The summed E-state index contributed by atoms with van der Waals surface area (Å²) in [6.07, 6.45) is 3.07. The first kappa shape index (κ1) is 23.2. The van der Waals surface area contributed by atoms with E-state index in [0.717, 1.165) is 37.9 Å². The maximum atomic E-state index is 11.8. The van der Waals surface area contributed by atoms with Gasteiger partial charge in [0.05, 0.1) is 19.4 Å². The Bertz CT molecular complexity index is 986. The smallest absolute Gasteiger partial charge is 0.232 e. The fourth-order valence-electron chi connectivity index (χ4n) is 3.67. The molecule has 9 heteroatoms. The molecule has 1 heterocycles. The minimum atomic E-state index is -3.47. The second-order valence-corrected chi connectivity index (χ2v) is 9.93. The highest BCUT2D eigenvalue weighted by atomic mass is 35.5. The minimum absolute atomic E-state index is 0.0398. The Kier molecular flexibility index (Phi) is 7.67. The first-order valence-corrected chi connectivity index (χ1v) is 12.5. The maximum Gasteiger partial charge on any atom is 0.232 e. The summed E-state index contributed by atoms with van der Waals surface area (Å²) in [6.45, 7) is 3.88. The van der Waals surface area contributed by atoms with Gasteiger partial charge in [-0.2, -0.15) is 0 Å². The quantitative estimate of drug-likeness (QED) is 0.499. The third-order valence-electron chi connectivity index (χ3n) is 5.38. The molecule has 0 saturated carbocycles. The van der Waals surface area contributed by atoms with Gasteiger partial charge in [-0.25, -0.2) is 13.4 Å². The lowest BCUT2D eigenvalue weighted by Gasteiger charge is -2.35. The van der Waals surface area contributed by atoms with Crippen molar-refractivity contribution in [2.24, 2.45) is 10.9 Å². The number of methoxy groups -OCH3 is 1. The molecular weight excluding hydrogens is 436 g/mol. The molecule has 2 N–H and O–H groups in total. The summed E-state index contributed by atoms with van der Waals surface area (Å²) in [7, 11) is -1.80. The number of anilines is 2. The summed E-state index contributed by atoms with van der Waals surface area (Å²) in [6, 6.07) is 15.1. The Hall–Kier alpha value is -2.45. The van der Waals surface area contributed by atoms with Gasteiger partial charge in [-0.3, -0.25) is 4.72 Å². The van der Waals surface area contributed by atoms with Crippen molar-refractivity contribution in [2.45, 2.75) is 25.8 Å². The number of hydrogen-bond donors (Lipinski definition) is 2. The van der Waals surface area contributed by atoms with E-state index in [2.05, 4.69) is 32.1 Å². The molecule has 0 aromatic heterocycles. The number of piperidine rings is 1. The molecule has 1 unspecified atom stereocenters. The molecule has 1 aliphatic heterocycles. The highest BCUT2D eigenvalue weighted by molar-refractivity contribution is 7.89. The fourth-order valence-corrected chi connectivity index (χ4v) is 4.25. The van der Waals surface area contributed by atoms with Crippen molar-refractivity contribution in [2.75, 3.05) is 36.7 Å². The Balaban J connectivity index is 1.65. The standard InChI is InChI=1S/C22H29ClN4O3S/c1-16(17-12-14-27(15-13-17)20-8-10-21(30-2)11-9-20)24-22(26-31(3,28)29)25-19-6-4-18(23)5-7-19/h4-11,16-17H,12-15H2,1-3H3,(H2,24,25,26). The molecule has 2 aromatic carbocycles. The normalized spacial score (nSPS) is 16.6. The molecule has 2 aromatic rings. The molecule has 1 atom stereocenters. The number of nitrogens with one attached hydrogen (secondary N) is 2. The third-order valence-corrected chi connectivity index (χ3v) is 6.20. The predicted molar refractivity (Wildman–Crippen MR) is 128 cm³/mol. The van der Waals surface area contributed by atoms with Gasteiger partial charge < -0.3 is 15.0 Å². The first-order valence-electron chi connectivity index (χ1n) is 10.2. The minimum Gasteiger partial charge on any atom is -0.497 e. The molecule has 7 nitrogen and oxygen atoms in total. The van der Waals surface area contributed by atoms with Crippen LogP contribution in [0.3, 0.4) is 0 Å². The highest BCUT2D eigenvalue weighted by Crippen LogP contribution is 2.28. The van der Waals surface area contributed by atoms with Crippen molar-refractivity contribution in [1.82, 2.24) is 4.72 Å². The Morgan fingerprint density at radius 3 is 2.29 bits per heavy atom. The second kappa shape index (κ2) is 10.2. The zero-order chi connectivity index (χ0) is 22.4. The second-order valence-electron chi connectivity index (χ2n) is 7.75. The average molecular weight is 465 g/mol. The van der Waals surface area contributed by atoms with E-state index in [4.69, 9.17) is 16.3 Å². The molecule has 31 heavy (non-hydrogen) atoms. The van der Waals surface area contributed by atoms with Crippen LogP contribution in [0.4, 0.5) is 11.4 Å². The number of hydrogen-bond acceptors (Lipinski definition) is 5. The highest BCUT2D eigenvalue weighted by Gasteiger charge is 2.24. The van der Waals surface area contributed by atoms with Crippen LogP contribution in [0.15, 0.2) is 53.5 Å². The van der Waals surface area contributed by atoms with Crippen LogP contribution in [-0.4, -0.2) is 46.9 Å². The molecule has 0 spiro atoms. The summed E-state index contributed by atoms with van der Waals surface area (Å²) in [5, 5.41) is 3.67. The number of halogens is 1. The van der Waals surface area contributed by atoms with Crippen LogP contribution in [0.1, 0.15) is 19.8 Å². The molecule has 0 radical (unpaired) electrons. The van der Waals surface area contributed by atoms with Crippen LogP contribution >= 0.6 is 11.6 Å². The fraction of sp³-hybridized carbons (Fsp3) is 0.409. The Morgan fingerprint density at radius 1 is 1.13 bits per heavy atom. The number of nitrogens with zero attached hydrogens (tertiary/aromatic N) is 2. The van der Waals surface area contributed by atoms with Crippen molar-refractivity contribution >= 4 is 39.0 Å². The van der Waals surface area contributed by atoms with Crippen molar-refractivity contribution in [3.8, 4) is 5.75 Å². The van der Waals surface area contributed by atoms with Crippen LogP contribution in [0.2, 0.25) is 5.02 Å². The molecule has 1 fully saturated rings. The van der Waals surface area contributed by atoms with E-state index >= 15 is 0 Å². The van der Waals surface area contributed by atoms with Crippen LogP contribution in [0.5, 0.6) is 5.75 Å². The Labute approximate surface area is 189 Å². The molecule has 3 rings (SSSR count). The van der Waals surface area contributed by atoms with E-state index in [1.54, 1.807) is 31.4 Å². The average Bonchev–Trinajstić information content (AvgIpc) is 2.74. The number of guanidine groups is 1. The Morgan fingerprint density at radius 2 is 1.74 bits per heavy atom. The van der Waals surface area contributed by atoms with Crippen molar-refractivity contribution < 1.29 is 13.2 Å². The van der Waals surface area contributed by atoms with Gasteiger partial charge in [0.1, 0.15) is 5.75 Å². The van der Waals surface area contributed by atoms with Gasteiger partial charge in [0, 0.05) is 29.5 Å². The van der Waals surface area contributed by atoms with Gasteiger partial charge in [0.15, 0.2) is 0 Å². The van der Waals surface area contributed by atoms with E-state index in [9.17, 15) is 8.42 Å². The van der Waals surface area contributed by atoms with E-state index in [1.807, 2.05) is 19.1 Å². The molecular formula is C22H29ClN4O3S. The van der Waals surface area contributed by atoms with Crippen LogP contribution in [0, 0.1) is 5.92 Å². The lowest BCUT2D eigenvalue weighted by atomic mass is 9.90. The number of ether oxygens (including phenoxy) is 1. The zero-order valence-electron chi connectivity index (χ0n) is 18.0. The molecule has 168 valence electrons. The zero-order valence-corrected chi connectivity index (χ0v) is 19.6. The number of rotatable bonds is 6. The summed E-state index contributed by atoms with van der Waals surface area (Å²) >= 11 is 5.93. The summed E-state index contributed by atoms with van der Waals surface area (Å²) in [4.78, 5) is 7.03. The predicted octanol–water partition coefficient (Wildman–Crippen LogP) is 3.97. The molecule has 0 amide bonds. The first-order chi connectivity index (χ1) is 14.7. The van der Waals surface area contributed by atoms with Crippen LogP contribution < -0.4 is 19.7 Å². The number of sulfonamides is 1. The van der Waals surface area contributed by atoms with Crippen molar-refractivity contribution in [3.05, 3.63) is 53.6 Å². The summed E-state index contributed by atoms with van der Waals surface area (Å²) in [5.74, 6) is 1.42. The van der Waals surface area contributed by atoms with Gasteiger partial charge in [0.25, 0.3) is 0 Å². The van der Waals surface area contributed by atoms with E-state index < -0.39 is 10.0 Å². The summed E-state index contributed by atoms with van der Waals surface area (Å²) < 4.78 is 31.4. The van der Waals surface area contributed by atoms with Crippen molar-refractivity contribution in [3.63, 3.8) is 0 Å². The SMILES string of the molecule is COc1ccc(N2CCC(C(C)N=C(Nc3ccc(Cl)cc3)NS(C)(=O)=O)CC2)cc1. The number of benzene rings is 2. The topological polar surface area (TPSA) is 83.0 Å². The molecule has 1 saturated heterocycles. The molecule has 1 aliphatic rings. The van der Waals surface area contributed by atoms with E-state index in [-0.39, 0.29) is 12.0 Å². The third kappa shape index (κ3) is 7.04. The van der Waals surface area contributed by atoms with Gasteiger partial charge in [-0.15, -0.1) is 0 Å². The lowest BCUT2D eigenvalue weighted by molar-refractivity contribution is 0.355. The van der Waals surface area contributed by atoms with Gasteiger partial charge in [0.2, 0.25) is 16.0 Å². The summed E-state index contributed by atoms with van der Waals surface area (Å²) in [5.41, 5.74) is 1.89. The van der Waals surface area contributed by atoms with Crippen LogP contribution in [0.25, 0.3) is 0 Å². The number of aliphatic imine (C=N–C) groups is 1. The van der Waals surface area contributed by atoms with E-state index in [0.29, 0.717) is 16.6 Å². The van der Waals surface area contributed by atoms with Crippen LogP contribution in [-0.2, 0) is 10.0 Å². The van der Waals surface area contributed by atoms with E-state index in [1.165, 1.54) is 5.69 Å². The largest absolute Gasteiger partial charge is 0.497 e. The molecule has 0 aliphatic carbocycles. The maximum absolute atomic E-state index is 11.8. The van der Waals surface area contributed by atoms with Crippen molar-refractivity contribution in [1.29, 1.82) is 0 Å². The van der Waals surface area contributed by atoms with Gasteiger partial charge in [-0.1, -0.05) is 11.6 Å². The van der Waals surface area contributed by atoms with Gasteiger partial charge >= 0.3 is 0 Å². The lowest BCUT2D eigenvalue weighted by Crippen LogP contribution is -2.39.